The number of halogens is 3. The van der Waals surface area contributed by atoms with Crippen molar-refractivity contribution in [3.05, 3.63) is 70.9 Å². The highest BCUT2D eigenvalue weighted by Gasteiger charge is 2.39. The number of nitrogens with zero attached hydrogens (tertiary/aromatic N) is 2. The molecule has 3 aromatic rings. The smallest absolute Gasteiger partial charge is 0.416 e. The van der Waals surface area contributed by atoms with Gasteiger partial charge in [0.1, 0.15) is 11.6 Å². The quantitative estimate of drug-likeness (QED) is 0.548. The highest BCUT2D eigenvalue weighted by atomic mass is 19.4. The van der Waals surface area contributed by atoms with Gasteiger partial charge in [-0.2, -0.15) is 18.2 Å². The molecule has 2 atom stereocenters. The van der Waals surface area contributed by atoms with Crippen LogP contribution in [-0.4, -0.2) is 22.2 Å². The van der Waals surface area contributed by atoms with Crippen LogP contribution in [0.15, 0.2) is 69.2 Å². The number of benzene rings is 2. The standard InChI is InChI=1S/C22H19F3N4O2/c23-22(24,25)13-7-2-1-6-12(13)19-18-15(9-5-10-16(18)30)26-20(28-19)29-21-27-14-8-3-4-11-17(14)31-21/h1-4,6-8,11,16,19,30H,5,9-10H2,(H2,26,27,28,29). The van der Waals surface area contributed by atoms with Gasteiger partial charge < -0.3 is 14.8 Å². The minimum Gasteiger partial charge on any atom is -0.423 e. The first-order valence-electron chi connectivity index (χ1n) is 9.94. The number of rotatable bonds is 2. The topological polar surface area (TPSA) is 82.7 Å². The fourth-order valence-corrected chi connectivity index (χ4v) is 4.15. The normalized spacial score (nSPS) is 21.5. The summed E-state index contributed by atoms with van der Waals surface area (Å²) in [6.07, 6.45) is -3.60. The summed E-state index contributed by atoms with van der Waals surface area (Å²) in [6.45, 7) is 0. The van der Waals surface area contributed by atoms with Crippen LogP contribution in [0.25, 0.3) is 11.1 Å². The number of aliphatic imine (C=N–C) groups is 1. The van der Waals surface area contributed by atoms with Crippen molar-refractivity contribution < 1.29 is 22.7 Å². The van der Waals surface area contributed by atoms with Crippen LogP contribution in [-0.2, 0) is 6.18 Å². The minimum absolute atomic E-state index is 0.00168. The van der Waals surface area contributed by atoms with Gasteiger partial charge in [0.15, 0.2) is 5.58 Å². The number of aliphatic hydroxyl groups excluding tert-OH is 1. The molecule has 0 saturated heterocycles. The first-order chi connectivity index (χ1) is 14.9. The third-order valence-corrected chi connectivity index (χ3v) is 5.51. The molecule has 5 rings (SSSR count). The number of fused-ring (bicyclic) bond motifs is 1. The number of hydrogen-bond donors (Lipinski definition) is 3. The van der Waals surface area contributed by atoms with Crippen molar-refractivity contribution in [2.24, 2.45) is 4.99 Å². The van der Waals surface area contributed by atoms with E-state index in [1.807, 2.05) is 12.1 Å². The average molecular weight is 428 g/mol. The number of anilines is 1. The number of nitrogens with one attached hydrogen (secondary N) is 2. The molecule has 6 nitrogen and oxygen atoms in total. The van der Waals surface area contributed by atoms with Gasteiger partial charge in [-0.3, -0.25) is 5.32 Å². The maximum absolute atomic E-state index is 13.7. The summed E-state index contributed by atoms with van der Waals surface area (Å²) >= 11 is 0. The molecule has 2 unspecified atom stereocenters. The van der Waals surface area contributed by atoms with Gasteiger partial charge >= 0.3 is 12.2 Å². The molecular weight excluding hydrogens is 409 g/mol. The molecule has 160 valence electrons. The van der Waals surface area contributed by atoms with Crippen molar-refractivity contribution in [2.45, 2.75) is 37.6 Å². The zero-order valence-electron chi connectivity index (χ0n) is 16.3. The fourth-order valence-electron chi connectivity index (χ4n) is 4.15. The highest BCUT2D eigenvalue weighted by molar-refractivity contribution is 5.95. The number of allylic oxidation sites excluding steroid dienone is 1. The number of hydrogen-bond acceptors (Lipinski definition) is 6. The maximum Gasteiger partial charge on any atom is 0.416 e. The minimum atomic E-state index is -4.54. The zero-order chi connectivity index (χ0) is 21.6. The molecule has 1 aliphatic heterocycles. The van der Waals surface area contributed by atoms with Crippen LogP contribution < -0.4 is 10.6 Å². The van der Waals surface area contributed by atoms with Gasteiger partial charge in [0.05, 0.1) is 11.7 Å². The molecule has 1 aromatic heterocycles. The van der Waals surface area contributed by atoms with Crippen molar-refractivity contribution >= 4 is 23.1 Å². The molecule has 0 spiro atoms. The first kappa shape index (κ1) is 19.6. The number of aromatic nitrogens is 1. The summed E-state index contributed by atoms with van der Waals surface area (Å²) in [5.74, 6) is 0.224. The SMILES string of the molecule is OC1CCCC2=C1C(c1ccccc1C(F)(F)F)N=C(Nc1nc3ccccc3o1)N2. The van der Waals surface area contributed by atoms with E-state index in [4.69, 9.17) is 4.42 Å². The Hall–Kier alpha value is -3.33. The van der Waals surface area contributed by atoms with E-state index in [1.54, 1.807) is 18.2 Å². The van der Waals surface area contributed by atoms with Crippen LogP contribution >= 0.6 is 0 Å². The van der Waals surface area contributed by atoms with Crippen LogP contribution in [0.5, 0.6) is 0 Å². The summed E-state index contributed by atoms with van der Waals surface area (Å²) in [5, 5.41) is 16.7. The Bertz CT molecular complexity index is 1170. The molecule has 9 heteroatoms. The summed E-state index contributed by atoms with van der Waals surface area (Å²) < 4.78 is 46.8. The lowest BCUT2D eigenvalue weighted by molar-refractivity contribution is -0.138. The molecule has 0 amide bonds. The number of aliphatic hydroxyl groups is 1. The summed E-state index contributed by atoms with van der Waals surface area (Å²) in [5.41, 5.74) is 1.61. The van der Waals surface area contributed by atoms with Crippen molar-refractivity contribution in [3.63, 3.8) is 0 Å². The van der Waals surface area contributed by atoms with Gasteiger partial charge in [-0.25, -0.2) is 4.99 Å². The third-order valence-electron chi connectivity index (χ3n) is 5.51. The van der Waals surface area contributed by atoms with E-state index in [-0.39, 0.29) is 17.5 Å². The molecule has 0 radical (unpaired) electrons. The van der Waals surface area contributed by atoms with Crippen LogP contribution in [0.3, 0.4) is 0 Å². The summed E-state index contributed by atoms with van der Waals surface area (Å²) in [7, 11) is 0. The van der Waals surface area contributed by atoms with Crippen LogP contribution in [0.1, 0.15) is 36.4 Å². The van der Waals surface area contributed by atoms with Gasteiger partial charge in [0.25, 0.3) is 0 Å². The third kappa shape index (κ3) is 3.65. The first-order valence-corrected chi connectivity index (χ1v) is 9.94. The lowest BCUT2D eigenvalue weighted by atomic mass is 9.83. The number of para-hydroxylation sites is 2. The van der Waals surface area contributed by atoms with E-state index < -0.39 is 23.9 Å². The van der Waals surface area contributed by atoms with E-state index in [0.29, 0.717) is 35.2 Å². The zero-order valence-corrected chi connectivity index (χ0v) is 16.3. The van der Waals surface area contributed by atoms with E-state index >= 15 is 0 Å². The maximum atomic E-state index is 13.7. The molecule has 0 fully saturated rings. The van der Waals surface area contributed by atoms with Crippen LogP contribution in [0.4, 0.5) is 19.2 Å². The molecule has 31 heavy (non-hydrogen) atoms. The number of guanidine groups is 1. The van der Waals surface area contributed by atoms with Crippen molar-refractivity contribution in [2.75, 3.05) is 5.32 Å². The second kappa shape index (κ2) is 7.42. The Kier molecular flexibility index (Phi) is 4.70. The Balaban J connectivity index is 1.57. The van der Waals surface area contributed by atoms with Crippen LogP contribution in [0.2, 0.25) is 0 Å². The van der Waals surface area contributed by atoms with Crippen molar-refractivity contribution in [3.8, 4) is 0 Å². The van der Waals surface area contributed by atoms with Gasteiger partial charge in [-0.05, 0) is 43.0 Å². The predicted octanol–water partition coefficient (Wildman–Crippen LogP) is 4.76. The summed E-state index contributed by atoms with van der Waals surface area (Å²) in [4.78, 5) is 8.84. The van der Waals surface area contributed by atoms with E-state index in [0.717, 1.165) is 12.5 Å². The average Bonchev–Trinajstić information content (AvgIpc) is 3.15. The lowest BCUT2D eigenvalue weighted by Gasteiger charge is -2.34. The van der Waals surface area contributed by atoms with E-state index in [2.05, 4.69) is 20.6 Å². The molecule has 0 bridgehead atoms. The van der Waals surface area contributed by atoms with Crippen LogP contribution in [0, 0.1) is 0 Å². The molecule has 2 heterocycles. The molecular formula is C22H19F3N4O2. The lowest BCUT2D eigenvalue weighted by Crippen LogP contribution is -2.40. The number of alkyl halides is 3. The second-order valence-corrected chi connectivity index (χ2v) is 7.54. The highest BCUT2D eigenvalue weighted by Crippen LogP contribution is 2.43. The van der Waals surface area contributed by atoms with Crippen molar-refractivity contribution in [1.29, 1.82) is 0 Å². The molecule has 2 aromatic carbocycles. The Morgan fingerprint density at radius 1 is 1.10 bits per heavy atom. The second-order valence-electron chi connectivity index (χ2n) is 7.54. The monoisotopic (exact) mass is 428 g/mol. The molecule has 1 aliphatic carbocycles. The van der Waals surface area contributed by atoms with Crippen molar-refractivity contribution in [1.82, 2.24) is 10.3 Å². The molecule has 2 aliphatic rings. The Labute approximate surface area is 175 Å². The predicted molar refractivity (Wildman–Crippen MR) is 109 cm³/mol. The Morgan fingerprint density at radius 2 is 1.87 bits per heavy atom. The number of oxazole rings is 1. The van der Waals surface area contributed by atoms with E-state index in [1.165, 1.54) is 12.1 Å². The van der Waals surface area contributed by atoms with E-state index in [9.17, 15) is 18.3 Å². The molecule has 0 saturated carbocycles. The van der Waals surface area contributed by atoms with Gasteiger partial charge in [-0.15, -0.1) is 0 Å². The van der Waals surface area contributed by atoms with Gasteiger partial charge in [0, 0.05) is 11.3 Å². The van der Waals surface area contributed by atoms with Gasteiger partial charge in [0.2, 0.25) is 5.96 Å². The largest absolute Gasteiger partial charge is 0.423 e. The van der Waals surface area contributed by atoms with Gasteiger partial charge in [-0.1, -0.05) is 30.3 Å². The Morgan fingerprint density at radius 3 is 2.68 bits per heavy atom. The molecule has 3 N–H and O–H groups in total. The summed E-state index contributed by atoms with van der Waals surface area (Å²) in [6, 6.07) is 11.7. The fraction of sp³-hybridized carbons (Fsp3) is 0.273.